The van der Waals surface area contributed by atoms with Crippen molar-refractivity contribution >= 4 is 11.8 Å². The molecule has 1 saturated heterocycles. The smallest absolute Gasteiger partial charge is 0.238 e. The van der Waals surface area contributed by atoms with Gasteiger partial charge >= 0.3 is 0 Å². The van der Waals surface area contributed by atoms with Gasteiger partial charge in [0.05, 0.1) is 24.2 Å². The van der Waals surface area contributed by atoms with Crippen molar-refractivity contribution in [1.29, 1.82) is 0 Å². The summed E-state index contributed by atoms with van der Waals surface area (Å²) < 4.78 is 5.82. The molecule has 3 rings (SSSR count). The fourth-order valence-electron chi connectivity index (χ4n) is 2.97. The van der Waals surface area contributed by atoms with Crippen molar-refractivity contribution in [3.05, 3.63) is 53.2 Å². The third kappa shape index (κ3) is 4.59. The highest BCUT2D eigenvalue weighted by Gasteiger charge is 2.44. The molecule has 27 heavy (non-hydrogen) atoms. The van der Waals surface area contributed by atoms with E-state index < -0.39 is 29.0 Å². The molecule has 2 aromatic rings. The van der Waals surface area contributed by atoms with Crippen LogP contribution in [-0.4, -0.2) is 66.2 Å². The Hall–Kier alpha value is -1.71. The van der Waals surface area contributed by atoms with Crippen LogP contribution < -0.4 is 4.74 Å². The number of benzene rings is 1. The van der Waals surface area contributed by atoms with Crippen molar-refractivity contribution in [2.45, 2.75) is 48.8 Å². The zero-order valence-corrected chi connectivity index (χ0v) is 15.8. The molecule has 0 unspecified atom stereocenters. The molecule has 4 N–H and O–H groups in total. The second kappa shape index (κ2) is 8.99. The minimum atomic E-state index is -1.41. The largest absolute Gasteiger partial charge is 0.459 e. The van der Waals surface area contributed by atoms with Crippen molar-refractivity contribution in [2.24, 2.45) is 0 Å². The lowest BCUT2D eigenvalue weighted by Crippen LogP contribution is -2.55. The molecule has 7 nitrogen and oxygen atoms in total. The van der Waals surface area contributed by atoms with E-state index in [1.54, 1.807) is 12.3 Å². The fourth-order valence-corrected chi connectivity index (χ4v) is 4.19. The van der Waals surface area contributed by atoms with Gasteiger partial charge in [0.15, 0.2) is 5.44 Å². The summed E-state index contributed by atoms with van der Waals surface area (Å²) in [6.45, 7) is 1.76. The second-order valence-electron chi connectivity index (χ2n) is 6.52. The number of nitrogens with zero attached hydrogens (tertiary/aromatic N) is 2. The van der Waals surface area contributed by atoms with Crippen molar-refractivity contribution < 1.29 is 25.2 Å². The summed E-state index contributed by atoms with van der Waals surface area (Å²) in [6, 6.07) is 10.1. The summed E-state index contributed by atoms with van der Waals surface area (Å²) in [5.41, 5.74) is 2.26. The lowest BCUT2D eigenvalue weighted by molar-refractivity contribution is -0.0916. The van der Waals surface area contributed by atoms with Crippen LogP contribution in [0.15, 0.2) is 36.5 Å². The second-order valence-corrected chi connectivity index (χ2v) is 7.87. The van der Waals surface area contributed by atoms with Gasteiger partial charge in [-0.1, -0.05) is 31.2 Å². The molecule has 1 aliphatic heterocycles. The molecule has 5 atom stereocenters. The molecule has 1 fully saturated rings. The Morgan fingerprint density at radius 2 is 1.70 bits per heavy atom. The van der Waals surface area contributed by atoms with Gasteiger partial charge in [0, 0.05) is 12.0 Å². The fraction of sp³-hybridized carbons (Fsp3) is 0.474. The van der Waals surface area contributed by atoms with E-state index in [9.17, 15) is 20.4 Å². The molecule has 1 aromatic carbocycles. The van der Waals surface area contributed by atoms with Crippen LogP contribution >= 0.6 is 11.8 Å². The SMILES string of the molecule is CCc1ccc(Cc2ccnnc2O[C@@H]2S[C@H](CO)[C@@H](O)[C@H](O)[C@H]2O)cc1. The predicted octanol–water partition coefficient (Wildman–Crippen LogP) is 0.525. The molecule has 0 aliphatic carbocycles. The molecule has 0 bridgehead atoms. The average Bonchev–Trinajstić information content (AvgIpc) is 2.70. The van der Waals surface area contributed by atoms with Crippen molar-refractivity contribution in [3.8, 4) is 5.88 Å². The van der Waals surface area contributed by atoms with E-state index in [2.05, 4.69) is 41.4 Å². The standard InChI is InChI=1S/C19H24N2O5S/c1-2-11-3-5-12(6-4-11)9-13-7-8-20-21-18(13)26-19-17(25)16(24)15(23)14(10-22)27-19/h3-8,14-17,19,22-25H,2,9-10H2,1H3/t14-,15-,16+,17-,19-/m1/s1. The maximum atomic E-state index is 10.2. The third-order valence-electron chi connectivity index (χ3n) is 4.67. The number of rotatable bonds is 6. The first-order chi connectivity index (χ1) is 13.0. The maximum Gasteiger partial charge on any atom is 0.238 e. The van der Waals surface area contributed by atoms with Crippen LogP contribution in [0.1, 0.15) is 23.6 Å². The number of hydrogen-bond acceptors (Lipinski definition) is 8. The van der Waals surface area contributed by atoms with Gasteiger partial charge in [-0.3, -0.25) is 0 Å². The first-order valence-corrected chi connectivity index (χ1v) is 9.83. The molecule has 2 heterocycles. The van der Waals surface area contributed by atoms with E-state index >= 15 is 0 Å². The Morgan fingerprint density at radius 3 is 2.37 bits per heavy atom. The normalized spacial score (nSPS) is 28.1. The number of ether oxygens (including phenoxy) is 1. The molecule has 0 radical (unpaired) electrons. The zero-order valence-electron chi connectivity index (χ0n) is 15.0. The topological polar surface area (TPSA) is 116 Å². The van der Waals surface area contributed by atoms with E-state index in [4.69, 9.17) is 4.74 Å². The zero-order chi connectivity index (χ0) is 19.4. The van der Waals surface area contributed by atoms with Gasteiger partial charge in [-0.15, -0.1) is 16.9 Å². The minimum Gasteiger partial charge on any atom is -0.459 e. The molecule has 1 aromatic heterocycles. The number of aliphatic hydroxyl groups excluding tert-OH is 4. The molecule has 0 amide bonds. The van der Waals surface area contributed by atoms with Gasteiger partial charge in [-0.05, 0) is 23.6 Å². The van der Waals surface area contributed by atoms with Crippen LogP contribution in [0.25, 0.3) is 0 Å². The van der Waals surface area contributed by atoms with Crippen molar-refractivity contribution in [3.63, 3.8) is 0 Å². The van der Waals surface area contributed by atoms with E-state index in [-0.39, 0.29) is 12.5 Å². The van der Waals surface area contributed by atoms with Gasteiger partial charge in [-0.2, -0.15) is 5.10 Å². The first-order valence-electron chi connectivity index (χ1n) is 8.89. The van der Waals surface area contributed by atoms with Crippen molar-refractivity contribution in [1.82, 2.24) is 10.2 Å². The third-order valence-corrected chi connectivity index (χ3v) is 6.09. The predicted molar refractivity (Wildman–Crippen MR) is 102 cm³/mol. The number of aryl methyl sites for hydroxylation is 1. The monoisotopic (exact) mass is 392 g/mol. The van der Waals surface area contributed by atoms with Crippen LogP contribution in [0.3, 0.4) is 0 Å². The van der Waals surface area contributed by atoms with Crippen LogP contribution in [0.5, 0.6) is 5.88 Å². The molecule has 1 aliphatic rings. The molecular weight excluding hydrogens is 368 g/mol. The van der Waals surface area contributed by atoms with E-state index in [0.717, 1.165) is 29.3 Å². The molecule has 0 spiro atoms. The number of aliphatic hydroxyl groups is 4. The summed E-state index contributed by atoms with van der Waals surface area (Å²) in [7, 11) is 0. The van der Waals surface area contributed by atoms with Gasteiger partial charge in [0.25, 0.3) is 0 Å². The Balaban J connectivity index is 1.77. The van der Waals surface area contributed by atoms with Gasteiger partial charge in [0.2, 0.25) is 5.88 Å². The number of aromatic nitrogens is 2. The summed E-state index contributed by atoms with van der Waals surface area (Å²) in [5, 5.41) is 46.8. The lowest BCUT2D eigenvalue weighted by atomic mass is 10.0. The van der Waals surface area contributed by atoms with Crippen LogP contribution in [0.2, 0.25) is 0 Å². The Kier molecular flexibility index (Phi) is 6.67. The maximum absolute atomic E-state index is 10.2. The van der Waals surface area contributed by atoms with E-state index in [1.165, 1.54) is 5.56 Å². The number of thioether (sulfide) groups is 1. The molecule has 146 valence electrons. The molecule has 8 heteroatoms. The summed E-state index contributed by atoms with van der Waals surface area (Å²) in [4.78, 5) is 0. The van der Waals surface area contributed by atoms with E-state index in [1.807, 2.05) is 0 Å². The Bertz CT molecular complexity index is 743. The highest BCUT2D eigenvalue weighted by atomic mass is 32.2. The van der Waals surface area contributed by atoms with Crippen LogP contribution in [0.4, 0.5) is 0 Å². The Labute approximate surface area is 162 Å². The van der Waals surface area contributed by atoms with Gasteiger partial charge < -0.3 is 25.2 Å². The molecular formula is C19H24N2O5S. The van der Waals surface area contributed by atoms with Crippen LogP contribution in [-0.2, 0) is 12.8 Å². The highest BCUT2D eigenvalue weighted by Crippen LogP contribution is 2.34. The van der Waals surface area contributed by atoms with Crippen molar-refractivity contribution in [2.75, 3.05) is 6.61 Å². The van der Waals surface area contributed by atoms with E-state index in [0.29, 0.717) is 6.42 Å². The first kappa shape index (κ1) is 20.0. The molecule has 0 saturated carbocycles. The summed E-state index contributed by atoms with van der Waals surface area (Å²) in [5.74, 6) is 0.258. The minimum absolute atomic E-state index is 0.258. The van der Waals surface area contributed by atoms with Gasteiger partial charge in [-0.25, -0.2) is 0 Å². The van der Waals surface area contributed by atoms with Crippen LogP contribution in [0, 0.1) is 0 Å². The average molecular weight is 392 g/mol. The number of hydrogen-bond donors (Lipinski definition) is 4. The lowest BCUT2D eigenvalue weighted by Gasteiger charge is -2.38. The summed E-state index contributed by atoms with van der Waals surface area (Å²) >= 11 is 1.07. The highest BCUT2D eigenvalue weighted by molar-refractivity contribution is 8.00. The van der Waals surface area contributed by atoms with Gasteiger partial charge in [0.1, 0.15) is 12.2 Å². The summed E-state index contributed by atoms with van der Waals surface area (Å²) in [6.07, 6.45) is -0.823. The quantitative estimate of drug-likeness (QED) is 0.563. The Morgan fingerprint density at radius 1 is 1.00 bits per heavy atom.